The lowest BCUT2D eigenvalue weighted by molar-refractivity contribution is -0.359. The highest BCUT2D eigenvalue weighted by molar-refractivity contribution is 4.94. The molecule has 2 heterocycles. The molecule has 9 N–H and O–H groups in total. The summed E-state index contributed by atoms with van der Waals surface area (Å²) >= 11 is 0. The van der Waals surface area contributed by atoms with Gasteiger partial charge in [-0.15, -0.1) is 0 Å². The first-order valence-electron chi connectivity index (χ1n) is 8.25. The Morgan fingerprint density at radius 1 is 0.731 bits per heavy atom. The molecule has 12 nitrogen and oxygen atoms in total. The number of hydrogen-bond donors (Lipinski definition) is 8. The smallest absolute Gasteiger partial charge is 0.187 e. The summed E-state index contributed by atoms with van der Waals surface area (Å²) in [4.78, 5) is 0. The number of rotatable bonds is 7. The van der Waals surface area contributed by atoms with E-state index in [4.69, 9.17) is 24.7 Å². The van der Waals surface area contributed by atoms with Gasteiger partial charge < -0.3 is 60.4 Å². The molecule has 0 amide bonds. The Labute approximate surface area is 149 Å². The molecule has 26 heavy (non-hydrogen) atoms. The fraction of sp³-hybridized carbons (Fsp3) is 1.00. The largest absolute Gasteiger partial charge is 0.394 e. The van der Waals surface area contributed by atoms with E-state index in [-0.39, 0.29) is 13.2 Å². The number of aliphatic hydroxyl groups is 7. The fourth-order valence-electron chi connectivity index (χ4n) is 2.88. The van der Waals surface area contributed by atoms with Crippen molar-refractivity contribution in [1.82, 2.24) is 0 Å². The minimum absolute atomic E-state index is 0.0465. The lowest BCUT2D eigenvalue weighted by Crippen LogP contribution is -2.64. The zero-order valence-electron chi connectivity index (χ0n) is 13.9. The normalized spacial score (nSPS) is 47.1. The average Bonchev–Trinajstić information content (AvgIpc) is 2.64. The van der Waals surface area contributed by atoms with Gasteiger partial charge in [-0.3, -0.25) is 0 Å². The molecule has 0 bridgehead atoms. The van der Waals surface area contributed by atoms with Gasteiger partial charge in [-0.1, -0.05) is 0 Å². The molecule has 2 fully saturated rings. The molecule has 0 spiro atoms. The highest BCUT2D eigenvalue weighted by atomic mass is 16.7. The van der Waals surface area contributed by atoms with Gasteiger partial charge >= 0.3 is 0 Å². The van der Waals surface area contributed by atoms with Crippen LogP contribution < -0.4 is 5.73 Å². The summed E-state index contributed by atoms with van der Waals surface area (Å²) in [6.45, 7) is -1.08. The van der Waals surface area contributed by atoms with E-state index >= 15 is 0 Å². The summed E-state index contributed by atoms with van der Waals surface area (Å²) in [5.41, 5.74) is 5.30. The van der Waals surface area contributed by atoms with Crippen molar-refractivity contribution >= 4 is 0 Å². The third-order valence-corrected chi connectivity index (χ3v) is 4.36. The Hall–Kier alpha value is -0.480. The van der Waals surface area contributed by atoms with Gasteiger partial charge in [-0.25, -0.2) is 0 Å². The Morgan fingerprint density at radius 3 is 1.88 bits per heavy atom. The van der Waals surface area contributed by atoms with Crippen LogP contribution >= 0.6 is 0 Å². The molecule has 154 valence electrons. The Kier molecular flexibility index (Phi) is 8.08. The molecule has 0 aliphatic carbocycles. The van der Waals surface area contributed by atoms with E-state index in [0.29, 0.717) is 0 Å². The van der Waals surface area contributed by atoms with Gasteiger partial charge in [0, 0.05) is 6.54 Å². The first kappa shape index (κ1) is 21.8. The fourth-order valence-corrected chi connectivity index (χ4v) is 2.88. The van der Waals surface area contributed by atoms with Crippen LogP contribution in [0, 0.1) is 0 Å². The molecule has 12 heteroatoms. The van der Waals surface area contributed by atoms with Gasteiger partial charge in [0.2, 0.25) is 0 Å². The van der Waals surface area contributed by atoms with Crippen molar-refractivity contribution in [2.24, 2.45) is 5.73 Å². The quantitative estimate of drug-likeness (QED) is 0.207. The Balaban J connectivity index is 2.09. The molecule has 6 unspecified atom stereocenters. The second-order valence-corrected chi connectivity index (χ2v) is 6.16. The molecule has 2 aliphatic rings. The van der Waals surface area contributed by atoms with Crippen molar-refractivity contribution in [2.45, 2.75) is 61.4 Å². The highest BCUT2D eigenvalue weighted by Crippen LogP contribution is 2.29. The van der Waals surface area contributed by atoms with E-state index in [0.717, 1.165) is 0 Å². The van der Waals surface area contributed by atoms with Crippen LogP contribution in [0.5, 0.6) is 0 Å². The zero-order valence-corrected chi connectivity index (χ0v) is 13.9. The second-order valence-electron chi connectivity index (χ2n) is 6.16. The van der Waals surface area contributed by atoms with Gasteiger partial charge in [0.1, 0.15) is 48.8 Å². The lowest BCUT2D eigenvalue weighted by atomic mass is 9.97. The maximum absolute atomic E-state index is 10.3. The zero-order chi connectivity index (χ0) is 19.4. The second kappa shape index (κ2) is 9.64. The Bertz CT molecular complexity index is 426. The summed E-state index contributed by atoms with van der Waals surface area (Å²) in [7, 11) is 0. The standard InChI is InChI=1S/C14H27NO11/c15-1-2-23-13-11(22)9(20)12(6(4-17)25-13)26-14-10(21)8(19)7(18)5(3-16)24-14/h5-14,16-22H,1-4,15H2/t5?,6?,7-,8?,9?,10?,11?,12+,13+,14-/m1/s1. The van der Waals surface area contributed by atoms with Crippen molar-refractivity contribution in [3.05, 3.63) is 0 Å². The van der Waals surface area contributed by atoms with E-state index in [2.05, 4.69) is 0 Å². The summed E-state index contributed by atoms with van der Waals surface area (Å²) in [5, 5.41) is 68.6. The third-order valence-electron chi connectivity index (χ3n) is 4.36. The van der Waals surface area contributed by atoms with E-state index < -0.39 is 74.6 Å². The first-order valence-corrected chi connectivity index (χ1v) is 8.25. The van der Waals surface area contributed by atoms with Gasteiger partial charge in [0.05, 0.1) is 19.8 Å². The molecule has 2 rings (SSSR count). The van der Waals surface area contributed by atoms with E-state index in [1.54, 1.807) is 0 Å². The molecular weight excluding hydrogens is 358 g/mol. The summed E-state index contributed by atoms with van der Waals surface area (Å²) in [6.07, 6.45) is -14.6. The number of aliphatic hydroxyl groups excluding tert-OH is 7. The van der Waals surface area contributed by atoms with Crippen molar-refractivity contribution in [2.75, 3.05) is 26.4 Å². The van der Waals surface area contributed by atoms with Crippen molar-refractivity contribution < 1.29 is 54.7 Å². The third kappa shape index (κ3) is 4.49. The van der Waals surface area contributed by atoms with Crippen LogP contribution in [-0.4, -0.2) is 124 Å². The van der Waals surface area contributed by atoms with Crippen LogP contribution in [-0.2, 0) is 18.9 Å². The molecule has 0 aromatic heterocycles. The average molecular weight is 385 g/mol. The summed E-state index contributed by atoms with van der Waals surface area (Å²) in [5.74, 6) is 0. The van der Waals surface area contributed by atoms with Crippen molar-refractivity contribution in [3.8, 4) is 0 Å². The van der Waals surface area contributed by atoms with E-state index in [9.17, 15) is 35.7 Å². The van der Waals surface area contributed by atoms with Crippen LogP contribution in [0.3, 0.4) is 0 Å². The maximum Gasteiger partial charge on any atom is 0.187 e. The van der Waals surface area contributed by atoms with Crippen LogP contribution in [0.4, 0.5) is 0 Å². The molecule has 10 atom stereocenters. The molecular formula is C14H27NO11. The Morgan fingerprint density at radius 2 is 1.31 bits per heavy atom. The molecule has 2 saturated heterocycles. The van der Waals surface area contributed by atoms with Crippen LogP contribution in [0.2, 0.25) is 0 Å². The predicted octanol–water partition coefficient (Wildman–Crippen LogP) is -5.41. The van der Waals surface area contributed by atoms with Gasteiger partial charge in [-0.2, -0.15) is 0 Å². The molecule has 0 radical (unpaired) electrons. The van der Waals surface area contributed by atoms with E-state index in [1.807, 2.05) is 0 Å². The maximum atomic E-state index is 10.3. The molecule has 0 saturated carbocycles. The van der Waals surface area contributed by atoms with Crippen LogP contribution in [0.1, 0.15) is 0 Å². The van der Waals surface area contributed by atoms with Crippen LogP contribution in [0.15, 0.2) is 0 Å². The molecule has 2 aliphatic heterocycles. The molecule has 0 aromatic carbocycles. The number of hydrogen-bond acceptors (Lipinski definition) is 12. The predicted molar refractivity (Wildman–Crippen MR) is 81.4 cm³/mol. The highest BCUT2D eigenvalue weighted by Gasteiger charge is 2.50. The van der Waals surface area contributed by atoms with Gasteiger partial charge in [-0.05, 0) is 0 Å². The monoisotopic (exact) mass is 385 g/mol. The van der Waals surface area contributed by atoms with Gasteiger partial charge in [0.15, 0.2) is 12.6 Å². The SMILES string of the molecule is NCCO[C@H]1OC(CO)[C@H](O[C@H]2OC(CO)[C@@H](O)C(O)C2O)C(O)C1O. The van der Waals surface area contributed by atoms with E-state index in [1.165, 1.54) is 0 Å². The van der Waals surface area contributed by atoms with Crippen LogP contribution in [0.25, 0.3) is 0 Å². The topological polar surface area (TPSA) is 205 Å². The lowest BCUT2D eigenvalue weighted by Gasteiger charge is -2.45. The number of nitrogens with two attached hydrogens (primary N) is 1. The summed E-state index contributed by atoms with van der Waals surface area (Å²) < 4.78 is 21.1. The molecule has 0 aromatic rings. The minimum Gasteiger partial charge on any atom is -0.394 e. The number of ether oxygens (including phenoxy) is 4. The van der Waals surface area contributed by atoms with Crippen molar-refractivity contribution in [3.63, 3.8) is 0 Å². The summed E-state index contributed by atoms with van der Waals surface area (Å²) in [6, 6.07) is 0. The minimum atomic E-state index is -1.71. The van der Waals surface area contributed by atoms with Crippen molar-refractivity contribution in [1.29, 1.82) is 0 Å². The van der Waals surface area contributed by atoms with Gasteiger partial charge in [0.25, 0.3) is 0 Å². The first-order chi connectivity index (χ1) is 12.3.